The Kier molecular flexibility index (Phi) is 31.6. The fourth-order valence-electron chi connectivity index (χ4n) is 7.91. The van der Waals surface area contributed by atoms with Crippen LogP contribution in [0.4, 0.5) is 0 Å². The van der Waals surface area contributed by atoms with Crippen molar-refractivity contribution in [1.29, 1.82) is 0 Å². The molecule has 0 aliphatic rings. The summed E-state index contributed by atoms with van der Waals surface area (Å²) in [4.78, 5) is 154. The first-order chi connectivity index (χ1) is 36.2. The fourth-order valence-corrected chi connectivity index (χ4v) is 7.91. The maximum absolute atomic E-state index is 14.4. The minimum atomic E-state index is -1.50. The van der Waals surface area contributed by atoms with Gasteiger partial charge in [-0.2, -0.15) is 0 Å². The Morgan fingerprint density at radius 2 is 1.03 bits per heavy atom. The molecule has 1 rings (SSSR count). The predicted octanol–water partition coefficient (Wildman–Crippen LogP) is -1.21. The van der Waals surface area contributed by atoms with Gasteiger partial charge >= 0.3 is 5.97 Å². The molecule has 0 fully saturated rings. The molecule has 1 aromatic heterocycles. The van der Waals surface area contributed by atoms with E-state index in [1.165, 1.54) is 12.5 Å². The number of carboxylic acid groups (broad SMARTS) is 1. The zero-order valence-corrected chi connectivity index (χ0v) is 46.5. The zero-order valence-electron chi connectivity index (χ0n) is 46.5. The van der Waals surface area contributed by atoms with E-state index in [-0.39, 0.29) is 69.1 Å². The van der Waals surface area contributed by atoms with Gasteiger partial charge in [0.2, 0.25) is 59.1 Å². The number of rotatable bonds is 38. The summed E-state index contributed by atoms with van der Waals surface area (Å²) in [6, 6.07) is -11.4. The van der Waals surface area contributed by atoms with Gasteiger partial charge < -0.3 is 74.5 Å². The molecule has 1 heterocycles. The van der Waals surface area contributed by atoms with Crippen LogP contribution < -0.4 is 59.3 Å². The van der Waals surface area contributed by atoms with Crippen LogP contribution in [0.5, 0.6) is 0 Å². The van der Waals surface area contributed by atoms with Gasteiger partial charge in [-0.15, -0.1) is 0 Å². The molecule has 1 aromatic rings. The molecule has 0 unspecified atom stereocenters. The number of nitrogens with two attached hydrogens (primary N) is 2. The van der Waals surface area contributed by atoms with Crippen molar-refractivity contribution in [2.45, 2.75) is 201 Å². The van der Waals surface area contributed by atoms with E-state index >= 15 is 0 Å². The quantitative estimate of drug-likeness (QED) is 0.0370. The van der Waals surface area contributed by atoms with Gasteiger partial charge in [-0.05, 0) is 62.2 Å². The number of aliphatic hydroxyl groups excluding tert-OH is 1. The lowest BCUT2D eigenvalue weighted by atomic mass is 9.96. The Labute approximate surface area is 451 Å². The SMILES string of the molecule is CCCC[C@H](NC(=O)[C@H](CC(C)C)NC(=O)CNC(=O)[C@@H](NC(=O)[C@H](CC(C)C)NC(=O)[C@H](Cc1cnc[nH]1)NC(=O)[C@H](CCC(N)=O)NC(=O)[C@H](CC(C)C)NC(=O)[C@H](CCC)NC(=O)[C@@H](N)CO)[C@@H](C)CC)C(=O)O. The van der Waals surface area contributed by atoms with E-state index in [9.17, 15) is 63.0 Å². The van der Waals surface area contributed by atoms with E-state index in [1.807, 2.05) is 20.8 Å². The van der Waals surface area contributed by atoms with E-state index in [1.54, 1.807) is 48.5 Å². The third-order valence-corrected chi connectivity index (χ3v) is 12.4. The summed E-state index contributed by atoms with van der Waals surface area (Å²) in [5, 5.41) is 42.3. The maximum atomic E-state index is 14.4. The highest BCUT2D eigenvalue weighted by Gasteiger charge is 2.36. The van der Waals surface area contributed by atoms with Crippen molar-refractivity contribution in [3.8, 4) is 0 Å². The number of aliphatic carboxylic acids is 1. The van der Waals surface area contributed by atoms with E-state index in [4.69, 9.17) is 11.5 Å². The number of carbonyl (C=O) groups excluding carboxylic acids is 10. The highest BCUT2D eigenvalue weighted by Crippen LogP contribution is 2.14. The highest BCUT2D eigenvalue weighted by atomic mass is 16.4. The molecule has 0 aliphatic heterocycles. The van der Waals surface area contributed by atoms with Crippen LogP contribution in [0.15, 0.2) is 12.5 Å². The summed E-state index contributed by atoms with van der Waals surface area (Å²) in [5.74, 6) is -10.1. The van der Waals surface area contributed by atoms with Gasteiger partial charge in [-0.3, -0.25) is 47.9 Å². The second kappa shape index (κ2) is 35.6. The molecule has 436 valence electrons. The molecule has 16 N–H and O–H groups in total. The first-order valence-electron chi connectivity index (χ1n) is 26.7. The number of hydrogen-bond acceptors (Lipinski definition) is 14. The van der Waals surface area contributed by atoms with Gasteiger partial charge in [0.15, 0.2) is 0 Å². The van der Waals surface area contributed by atoms with E-state index in [2.05, 4.69) is 57.8 Å². The van der Waals surface area contributed by atoms with Crippen LogP contribution in [0, 0.1) is 23.7 Å². The molecule has 0 saturated heterocycles. The molecule has 26 nitrogen and oxygen atoms in total. The summed E-state index contributed by atoms with van der Waals surface area (Å²) in [6.45, 7) is 16.7. The molecule has 10 atom stereocenters. The smallest absolute Gasteiger partial charge is 0.326 e. The highest BCUT2D eigenvalue weighted by molar-refractivity contribution is 5.98. The van der Waals surface area contributed by atoms with Gasteiger partial charge in [-0.1, -0.05) is 94.9 Å². The van der Waals surface area contributed by atoms with Crippen LogP contribution in [0.3, 0.4) is 0 Å². The van der Waals surface area contributed by atoms with Crippen LogP contribution in [0.1, 0.15) is 146 Å². The number of H-pyrrole nitrogens is 1. The summed E-state index contributed by atoms with van der Waals surface area (Å²) in [7, 11) is 0. The van der Waals surface area contributed by atoms with E-state index in [0.29, 0.717) is 31.4 Å². The lowest BCUT2D eigenvalue weighted by Crippen LogP contribution is -2.61. The zero-order chi connectivity index (χ0) is 58.5. The molecule has 0 aliphatic carbocycles. The van der Waals surface area contributed by atoms with Crippen LogP contribution in [0.2, 0.25) is 0 Å². The van der Waals surface area contributed by atoms with E-state index < -0.39 is 138 Å². The topological polar surface area (TPSA) is 417 Å². The molecule has 77 heavy (non-hydrogen) atoms. The van der Waals surface area contributed by atoms with Gasteiger partial charge in [0, 0.05) is 24.7 Å². The van der Waals surface area contributed by atoms with Crippen LogP contribution >= 0.6 is 0 Å². The summed E-state index contributed by atoms with van der Waals surface area (Å²) >= 11 is 0. The first kappa shape index (κ1) is 68.3. The van der Waals surface area contributed by atoms with Crippen molar-refractivity contribution in [3.05, 3.63) is 18.2 Å². The predicted molar refractivity (Wildman–Crippen MR) is 284 cm³/mol. The number of unbranched alkanes of at least 4 members (excludes halogenated alkanes) is 1. The first-order valence-corrected chi connectivity index (χ1v) is 26.7. The number of nitrogens with zero attached hydrogens (tertiary/aromatic N) is 1. The van der Waals surface area contributed by atoms with Gasteiger partial charge in [0.1, 0.15) is 54.4 Å². The number of amides is 10. The summed E-state index contributed by atoms with van der Waals surface area (Å²) < 4.78 is 0. The number of imidazole rings is 1. The van der Waals surface area contributed by atoms with Crippen LogP contribution in [-0.4, -0.2) is 153 Å². The molecule has 0 radical (unpaired) electrons. The van der Waals surface area contributed by atoms with Gasteiger partial charge in [-0.25, -0.2) is 9.78 Å². The fraction of sp³-hybridized carbons (Fsp3) is 0.725. The van der Waals surface area contributed by atoms with Gasteiger partial charge in [0.05, 0.1) is 19.5 Å². The third-order valence-electron chi connectivity index (χ3n) is 12.4. The van der Waals surface area contributed by atoms with Crippen molar-refractivity contribution < 1.29 is 63.0 Å². The molecule has 0 bridgehead atoms. The molecule has 10 amide bonds. The standard InChI is InChI=1S/C51H89N13O13/c1-11-14-16-35(51(76)77)60-46(71)36(19-27(4)5)57-41(67)24-55-50(75)42(30(10)13-3)64-49(74)38(21-29(8)9)62-48(73)39(22-31-23-54-26-56-31)63-45(70)34(17-18-40(53)66)59-47(72)37(20-28(6)7)61-44(69)33(15-12-2)58-43(68)32(52)25-65/h23,26-30,32-39,42,65H,11-22,24-25,52H2,1-10H3,(H2,53,66)(H,54,56)(H,55,75)(H,57,67)(H,58,68)(H,59,72)(H,60,71)(H,61,69)(H,62,73)(H,63,70)(H,64,74)(H,76,77)/t30-,32-,33-,34-,35-,36-,37-,38-,39-,42-/m0/s1. The van der Waals surface area contributed by atoms with Crippen molar-refractivity contribution >= 4 is 65.0 Å². The lowest BCUT2D eigenvalue weighted by Gasteiger charge is -2.29. The Balaban J connectivity index is 3.45. The Bertz CT molecular complexity index is 2090. The molecule has 0 aromatic carbocycles. The minimum Gasteiger partial charge on any atom is -0.480 e. The second-order valence-electron chi connectivity index (χ2n) is 20.8. The monoisotopic (exact) mass is 1090 g/mol. The van der Waals surface area contributed by atoms with Crippen molar-refractivity contribution in [2.75, 3.05) is 13.2 Å². The number of aromatic nitrogens is 2. The number of primary amides is 1. The average Bonchev–Trinajstić information content (AvgIpc) is 3.88. The molecule has 0 spiro atoms. The number of nitrogens with one attached hydrogen (secondary N) is 10. The number of aromatic amines is 1. The number of aliphatic hydroxyl groups is 1. The van der Waals surface area contributed by atoms with Gasteiger partial charge in [0.25, 0.3) is 0 Å². The van der Waals surface area contributed by atoms with E-state index in [0.717, 1.165) is 0 Å². The van der Waals surface area contributed by atoms with Crippen molar-refractivity contribution in [2.24, 2.45) is 35.1 Å². The second-order valence-corrected chi connectivity index (χ2v) is 20.8. The number of carbonyl (C=O) groups is 11. The largest absolute Gasteiger partial charge is 0.480 e. The Morgan fingerprint density at radius 1 is 0.571 bits per heavy atom. The molecule has 0 saturated carbocycles. The minimum absolute atomic E-state index is 0.0529. The Morgan fingerprint density at radius 3 is 1.48 bits per heavy atom. The lowest BCUT2D eigenvalue weighted by molar-refractivity contribution is -0.142. The number of carboxylic acids is 1. The van der Waals surface area contributed by atoms with Crippen LogP contribution in [0.25, 0.3) is 0 Å². The van der Waals surface area contributed by atoms with Crippen LogP contribution in [-0.2, 0) is 59.2 Å². The van der Waals surface area contributed by atoms with Crippen molar-refractivity contribution in [1.82, 2.24) is 57.8 Å². The normalized spacial score (nSPS) is 15.2. The Hall–Kier alpha value is -6.70. The molecular weight excluding hydrogens is 1000 g/mol. The third kappa shape index (κ3) is 26.3. The molecular formula is C51H89N13O13. The maximum Gasteiger partial charge on any atom is 0.326 e. The number of hydrogen-bond donors (Lipinski definition) is 14. The summed E-state index contributed by atoms with van der Waals surface area (Å²) in [5.41, 5.74) is 11.5. The molecule has 26 heteroatoms. The average molecular weight is 1090 g/mol. The summed E-state index contributed by atoms with van der Waals surface area (Å²) in [6.07, 6.45) is 4.57. The van der Waals surface area contributed by atoms with Crippen molar-refractivity contribution in [3.63, 3.8) is 0 Å².